The Morgan fingerprint density at radius 1 is 1.39 bits per heavy atom. The van der Waals surface area contributed by atoms with Crippen LogP contribution in [0.1, 0.15) is 18.9 Å². The maximum Gasteiger partial charge on any atom is 0.191 e. The third-order valence-electron chi connectivity index (χ3n) is 3.26. The van der Waals surface area contributed by atoms with E-state index in [0.29, 0.717) is 28.4 Å². The van der Waals surface area contributed by atoms with E-state index in [-0.39, 0.29) is 0 Å². The van der Waals surface area contributed by atoms with Gasteiger partial charge in [-0.05, 0) is 6.42 Å². The number of carbonyl (C=O) groups excluding carboxylic acids is 1. The summed E-state index contributed by atoms with van der Waals surface area (Å²) in [5, 5.41) is 3.99. The van der Waals surface area contributed by atoms with E-state index in [4.69, 9.17) is 11.6 Å². The molecule has 1 aliphatic rings. The lowest BCUT2D eigenvalue weighted by atomic mass is 10.3. The quantitative estimate of drug-likeness (QED) is 0.368. The smallest absolute Gasteiger partial charge is 0.191 e. The van der Waals surface area contributed by atoms with Gasteiger partial charge < -0.3 is 10.2 Å². The van der Waals surface area contributed by atoms with Gasteiger partial charge in [-0.3, -0.25) is 4.79 Å². The topological polar surface area (TPSA) is 83.9 Å². The van der Waals surface area contributed by atoms with Crippen molar-refractivity contribution in [3.05, 3.63) is 29.4 Å². The lowest BCUT2D eigenvalue weighted by Crippen LogP contribution is -2.36. The summed E-state index contributed by atoms with van der Waals surface area (Å²) in [6, 6.07) is 0. The van der Waals surface area contributed by atoms with Crippen molar-refractivity contribution in [2.24, 2.45) is 0 Å². The SMILES string of the molecule is CCCSc1nc(Cl)c2c(n1)N(Cc1cncnc1)C(C=O)N2. The van der Waals surface area contributed by atoms with E-state index >= 15 is 0 Å². The summed E-state index contributed by atoms with van der Waals surface area (Å²) in [6.07, 6.45) is 6.19. The van der Waals surface area contributed by atoms with Crippen molar-refractivity contribution in [2.45, 2.75) is 31.2 Å². The van der Waals surface area contributed by atoms with E-state index < -0.39 is 6.17 Å². The Bertz CT molecular complexity index is 701. The summed E-state index contributed by atoms with van der Waals surface area (Å²) >= 11 is 7.79. The molecule has 0 spiro atoms. The number of hydrogen-bond donors (Lipinski definition) is 1. The number of carbonyl (C=O) groups is 1. The summed E-state index contributed by atoms with van der Waals surface area (Å²) < 4.78 is 0. The van der Waals surface area contributed by atoms with Crippen LogP contribution in [0.4, 0.5) is 11.5 Å². The van der Waals surface area contributed by atoms with Crippen molar-refractivity contribution in [1.82, 2.24) is 19.9 Å². The van der Waals surface area contributed by atoms with Crippen LogP contribution >= 0.6 is 23.4 Å². The molecule has 0 saturated heterocycles. The van der Waals surface area contributed by atoms with Gasteiger partial charge in [0.2, 0.25) is 0 Å². The second-order valence-corrected chi connectivity index (χ2v) is 6.36. The molecule has 1 atom stereocenters. The summed E-state index contributed by atoms with van der Waals surface area (Å²) in [6.45, 7) is 2.54. The van der Waals surface area contributed by atoms with Gasteiger partial charge >= 0.3 is 0 Å². The van der Waals surface area contributed by atoms with Gasteiger partial charge in [-0.1, -0.05) is 30.3 Å². The molecular weight excluding hydrogens is 336 g/mol. The van der Waals surface area contributed by atoms with E-state index in [1.165, 1.54) is 6.33 Å². The maximum atomic E-state index is 11.4. The molecule has 0 bridgehead atoms. The van der Waals surface area contributed by atoms with Gasteiger partial charge in [-0.15, -0.1) is 0 Å². The summed E-state index contributed by atoms with van der Waals surface area (Å²) in [5.74, 6) is 1.54. The first-order valence-corrected chi connectivity index (χ1v) is 8.52. The van der Waals surface area contributed by atoms with Crippen LogP contribution in [0.25, 0.3) is 0 Å². The average molecular weight is 351 g/mol. The Hall–Kier alpha value is -1.93. The molecule has 3 rings (SSSR count). The van der Waals surface area contributed by atoms with Crippen LogP contribution in [0.2, 0.25) is 5.15 Å². The Balaban J connectivity index is 1.94. The van der Waals surface area contributed by atoms with Gasteiger partial charge in [0, 0.05) is 30.3 Å². The minimum Gasteiger partial charge on any atom is -0.354 e. The highest BCUT2D eigenvalue weighted by Crippen LogP contribution is 2.39. The number of rotatable bonds is 6. The number of fused-ring (bicyclic) bond motifs is 1. The van der Waals surface area contributed by atoms with E-state index in [0.717, 1.165) is 24.0 Å². The van der Waals surface area contributed by atoms with Crippen LogP contribution in [-0.4, -0.2) is 38.1 Å². The summed E-state index contributed by atoms with van der Waals surface area (Å²) in [5.41, 5.74) is 1.47. The van der Waals surface area contributed by atoms with Gasteiger partial charge in [0.05, 0.1) is 0 Å². The van der Waals surface area contributed by atoms with Crippen molar-refractivity contribution in [2.75, 3.05) is 16.0 Å². The number of anilines is 2. The molecule has 0 amide bonds. The molecule has 0 radical (unpaired) electrons. The van der Waals surface area contributed by atoms with E-state index in [9.17, 15) is 4.79 Å². The monoisotopic (exact) mass is 350 g/mol. The van der Waals surface area contributed by atoms with Crippen molar-refractivity contribution in [3.63, 3.8) is 0 Å². The molecule has 1 aliphatic heterocycles. The average Bonchev–Trinajstić information content (AvgIpc) is 2.92. The Morgan fingerprint density at radius 2 is 2.17 bits per heavy atom. The highest BCUT2D eigenvalue weighted by atomic mass is 35.5. The number of thioether (sulfide) groups is 1. The first kappa shape index (κ1) is 15.9. The fourth-order valence-corrected chi connectivity index (χ4v) is 3.20. The standard InChI is InChI=1S/C14H15ClN6OS/c1-2-3-23-14-19-12(15)11-13(20-14)21(10(7-22)18-11)6-9-4-16-8-17-5-9/h4-5,7-8,10,18H,2-3,6H2,1H3. The van der Waals surface area contributed by atoms with Crippen LogP contribution in [0.3, 0.4) is 0 Å². The van der Waals surface area contributed by atoms with Crippen LogP contribution in [0, 0.1) is 0 Å². The van der Waals surface area contributed by atoms with Crippen molar-refractivity contribution in [1.29, 1.82) is 0 Å². The van der Waals surface area contributed by atoms with E-state index in [2.05, 4.69) is 32.2 Å². The Kier molecular flexibility index (Phi) is 4.92. The fraction of sp³-hybridized carbons (Fsp3) is 0.357. The van der Waals surface area contributed by atoms with Crippen LogP contribution < -0.4 is 10.2 Å². The van der Waals surface area contributed by atoms with E-state index in [1.54, 1.807) is 24.2 Å². The molecule has 9 heteroatoms. The molecule has 3 heterocycles. The number of hydrogen-bond acceptors (Lipinski definition) is 8. The molecule has 0 aliphatic carbocycles. The third kappa shape index (κ3) is 3.37. The van der Waals surface area contributed by atoms with E-state index in [1.807, 2.05) is 4.90 Å². The second kappa shape index (κ2) is 7.10. The van der Waals surface area contributed by atoms with Crippen molar-refractivity contribution >= 4 is 41.2 Å². The summed E-state index contributed by atoms with van der Waals surface area (Å²) in [4.78, 5) is 30.1. The molecule has 0 fully saturated rings. The first-order chi connectivity index (χ1) is 11.2. The molecule has 0 saturated carbocycles. The van der Waals surface area contributed by atoms with Crippen molar-refractivity contribution in [3.8, 4) is 0 Å². The molecule has 1 unspecified atom stereocenters. The van der Waals surface area contributed by atoms with Crippen molar-refractivity contribution < 1.29 is 4.79 Å². The lowest BCUT2D eigenvalue weighted by Gasteiger charge is -2.21. The zero-order chi connectivity index (χ0) is 16.2. The molecule has 7 nitrogen and oxygen atoms in total. The lowest BCUT2D eigenvalue weighted by molar-refractivity contribution is -0.108. The van der Waals surface area contributed by atoms with Gasteiger partial charge in [0.25, 0.3) is 0 Å². The predicted molar refractivity (Wildman–Crippen MR) is 89.7 cm³/mol. The molecule has 1 N–H and O–H groups in total. The molecule has 2 aromatic heterocycles. The predicted octanol–water partition coefficient (Wildman–Crippen LogP) is 2.38. The van der Waals surface area contributed by atoms with Gasteiger partial charge in [-0.25, -0.2) is 19.9 Å². The van der Waals surface area contributed by atoms with Gasteiger partial charge in [0.1, 0.15) is 12.0 Å². The van der Waals surface area contributed by atoms with Gasteiger partial charge in [-0.2, -0.15) is 0 Å². The number of halogens is 1. The number of aldehydes is 1. The summed E-state index contributed by atoms with van der Waals surface area (Å²) in [7, 11) is 0. The molecule has 23 heavy (non-hydrogen) atoms. The largest absolute Gasteiger partial charge is 0.354 e. The minimum atomic E-state index is -0.538. The number of nitrogens with zero attached hydrogens (tertiary/aromatic N) is 5. The van der Waals surface area contributed by atoms with Gasteiger partial charge in [0.15, 0.2) is 28.6 Å². The minimum absolute atomic E-state index is 0.326. The fourth-order valence-electron chi connectivity index (χ4n) is 2.24. The highest BCUT2D eigenvalue weighted by molar-refractivity contribution is 7.99. The molecular formula is C14H15ClN6OS. The Labute approximate surface area is 142 Å². The number of aromatic nitrogens is 4. The number of nitrogens with one attached hydrogen (secondary N) is 1. The zero-order valence-electron chi connectivity index (χ0n) is 12.4. The highest BCUT2D eigenvalue weighted by Gasteiger charge is 2.33. The zero-order valence-corrected chi connectivity index (χ0v) is 14.0. The van der Waals surface area contributed by atoms with Crippen LogP contribution in [0.5, 0.6) is 0 Å². The molecule has 0 aromatic carbocycles. The Morgan fingerprint density at radius 3 is 2.87 bits per heavy atom. The molecule has 2 aromatic rings. The maximum absolute atomic E-state index is 11.4. The normalized spacial score (nSPS) is 16.1. The second-order valence-electron chi connectivity index (χ2n) is 4.94. The third-order valence-corrected chi connectivity index (χ3v) is 4.58. The first-order valence-electron chi connectivity index (χ1n) is 7.15. The molecule has 120 valence electrons. The van der Waals surface area contributed by atoms with Crippen LogP contribution in [-0.2, 0) is 11.3 Å². The van der Waals surface area contributed by atoms with Crippen LogP contribution in [0.15, 0.2) is 23.9 Å².